The van der Waals surface area contributed by atoms with E-state index in [2.05, 4.69) is 75.4 Å². The first-order valence-electron chi connectivity index (χ1n) is 8.54. The minimum Gasteiger partial charge on any atom is -0.305 e. The fourth-order valence-electron chi connectivity index (χ4n) is 2.95. The number of nitrogens with zero attached hydrogens (tertiary/aromatic N) is 3. The van der Waals surface area contributed by atoms with Crippen LogP contribution in [0, 0.1) is 0 Å². The van der Waals surface area contributed by atoms with Gasteiger partial charge in [-0.25, -0.2) is 0 Å². The summed E-state index contributed by atoms with van der Waals surface area (Å²) in [4.78, 5) is 0. The first-order valence-corrected chi connectivity index (χ1v) is 9.42. The van der Waals surface area contributed by atoms with Crippen LogP contribution in [0.15, 0.2) is 96.2 Å². The van der Waals surface area contributed by atoms with Crippen molar-refractivity contribution < 1.29 is 0 Å². The Labute approximate surface area is 157 Å². The molecule has 4 heteroatoms. The third kappa shape index (κ3) is 3.41. The summed E-state index contributed by atoms with van der Waals surface area (Å²) in [6, 6.07) is 31.3. The van der Waals surface area contributed by atoms with Crippen LogP contribution in [-0.2, 0) is 7.05 Å². The molecule has 3 nitrogen and oxygen atoms in total. The van der Waals surface area contributed by atoms with E-state index in [1.807, 2.05) is 37.4 Å². The Morgan fingerprint density at radius 1 is 0.692 bits per heavy atom. The number of aromatic nitrogens is 3. The van der Waals surface area contributed by atoms with Crippen LogP contribution in [0.25, 0.3) is 11.4 Å². The van der Waals surface area contributed by atoms with Gasteiger partial charge in [0.2, 0.25) is 0 Å². The Kier molecular flexibility index (Phi) is 4.84. The molecule has 0 aliphatic rings. The van der Waals surface area contributed by atoms with Crippen molar-refractivity contribution in [1.82, 2.24) is 14.8 Å². The van der Waals surface area contributed by atoms with Crippen molar-refractivity contribution in [3.8, 4) is 11.4 Å². The molecule has 0 unspecified atom stereocenters. The van der Waals surface area contributed by atoms with Crippen molar-refractivity contribution in [3.05, 3.63) is 102 Å². The highest BCUT2D eigenvalue weighted by molar-refractivity contribution is 7.99. The van der Waals surface area contributed by atoms with Gasteiger partial charge in [0.15, 0.2) is 11.0 Å². The van der Waals surface area contributed by atoms with Crippen molar-refractivity contribution in [2.75, 3.05) is 0 Å². The molecule has 0 aliphatic heterocycles. The van der Waals surface area contributed by atoms with E-state index < -0.39 is 0 Å². The zero-order chi connectivity index (χ0) is 17.8. The fourth-order valence-corrected chi connectivity index (χ4v) is 4.08. The lowest BCUT2D eigenvalue weighted by atomic mass is 10.0. The van der Waals surface area contributed by atoms with Gasteiger partial charge in [0.1, 0.15) is 0 Å². The van der Waals surface area contributed by atoms with E-state index in [0.29, 0.717) is 0 Å². The molecule has 0 aliphatic carbocycles. The molecule has 0 bridgehead atoms. The van der Waals surface area contributed by atoms with Crippen molar-refractivity contribution in [3.63, 3.8) is 0 Å². The molecule has 4 aromatic rings. The molecule has 128 valence electrons. The summed E-state index contributed by atoms with van der Waals surface area (Å²) in [5.41, 5.74) is 3.59. The largest absolute Gasteiger partial charge is 0.305 e. The standard InChI is InChI=1S/C22H19N3S/c1-25-21(19-15-9-4-10-16-19)23-24-22(25)26-20(17-11-5-2-6-12-17)18-13-7-3-8-14-18/h2-16,20H,1H3. The summed E-state index contributed by atoms with van der Waals surface area (Å²) in [5.74, 6) is 0.882. The van der Waals surface area contributed by atoms with Crippen molar-refractivity contribution >= 4 is 11.8 Å². The SMILES string of the molecule is Cn1c(SC(c2ccccc2)c2ccccc2)nnc1-c1ccccc1. The molecule has 1 heterocycles. The maximum atomic E-state index is 4.46. The Bertz CT molecular complexity index is 927. The second-order valence-electron chi connectivity index (χ2n) is 6.05. The molecule has 0 amide bonds. The molecule has 1 aromatic heterocycles. The number of rotatable bonds is 5. The Balaban J connectivity index is 1.70. The van der Waals surface area contributed by atoms with Crippen LogP contribution in [0.3, 0.4) is 0 Å². The lowest BCUT2D eigenvalue weighted by molar-refractivity contribution is 0.791. The van der Waals surface area contributed by atoms with Gasteiger partial charge < -0.3 is 4.57 Å². The van der Waals surface area contributed by atoms with Gasteiger partial charge in [-0.2, -0.15) is 0 Å². The molecular formula is C22H19N3S. The summed E-state index contributed by atoms with van der Waals surface area (Å²) >= 11 is 1.73. The summed E-state index contributed by atoms with van der Waals surface area (Å²) < 4.78 is 2.07. The van der Waals surface area contributed by atoms with Gasteiger partial charge in [0.25, 0.3) is 0 Å². The first-order chi connectivity index (χ1) is 12.8. The number of hydrogen-bond acceptors (Lipinski definition) is 3. The highest BCUT2D eigenvalue weighted by atomic mass is 32.2. The lowest BCUT2D eigenvalue weighted by Crippen LogP contribution is -2.00. The van der Waals surface area contributed by atoms with Crippen LogP contribution in [0.2, 0.25) is 0 Å². The van der Waals surface area contributed by atoms with E-state index in [1.54, 1.807) is 11.8 Å². The number of benzene rings is 3. The summed E-state index contributed by atoms with van der Waals surface area (Å²) in [6.45, 7) is 0. The molecule has 0 fully saturated rings. The molecule has 0 radical (unpaired) electrons. The highest BCUT2D eigenvalue weighted by Gasteiger charge is 2.20. The average molecular weight is 357 g/mol. The predicted molar refractivity (Wildman–Crippen MR) is 107 cm³/mol. The van der Waals surface area contributed by atoms with Gasteiger partial charge in [0, 0.05) is 12.6 Å². The van der Waals surface area contributed by atoms with Crippen LogP contribution in [0.4, 0.5) is 0 Å². The smallest absolute Gasteiger partial charge is 0.192 e. The predicted octanol–water partition coefficient (Wildman–Crippen LogP) is 5.36. The quantitative estimate of drug-likeness (QED) is 0.450. The van der Waals surface area contributed by atoms with Crippen molar-refractivity contribution in [2.45, 2.75) is 10.4 Å². The van der Waals surface area contributed by atoms with Gasteiger partial charge in [-0.1, -0.05) is 103 Å². The van der Waals surface area contributed by atoms with E-state index in [-0.39, 0.29) is 5.25 Å². The molecular weight excluding hydrogens is 338 g/mol. The van der Waals surface area contributed by atoms with Gasteiger partial charge in [-0.3, -0.25) is 0 Å². The van der Waals surface area contributed by atoms with E-state index in [1.165, 1.54) is 11.1 Å². The molecule has 0 spiro atoms. The molecule has 0 saturated carbocycles. The van der Waals surface area contributed by atoms with Gasteiger partial charge in [-0.05, 0) is 11.1 Å². The normalized spacial score (nSPS) is 11.0. The van der Waals surface area contributed by atoms with Gasteiger partial charge in [0.05, 0.1) is 5.25 Å². The van der Waals surface area contributed by atoms with E-state index >= 15 is 0 Å². The molecule has 0 N–H and O–H groups in total. The number of thioether (sulfide) groups is 1. The molecule has 3 aromatic carbocycles. The minimum absolute atomic E-state index is 0.170. The van der Waals surface area contributed by atoms with E-state index in [9.17, 15) is 0 Å². The average Bonchev–Trinajstić information content (AvgIpc) is 3.08. The second-order valence-corrected chi connectivity index (χ2v) is 7.12. The van der Waals surface area contributed by atoms with Crippen LogP contribution in [-0.4, -0.2) is 14.8 Å². The maximum Gasteiger partial charge on any atom is 0.192 e. The number of hydrogen-bond donors (Lipinski definition) is 0. The van der Waals surface area contributed by atoms with Crippen LogP contribution in [0.1, 0.15) is 16.4 Å². The zero-order valence-corrected chi connectivity index (χ0v) is 15.3. The summed E-state index contributed by atoms with van der Waals surface area (Å²) in [6.07, 6.45) is 0. The molecule has 0 saturated heterocycles. The van der Waals surface area contributed by atoms with Crippen LogP contribution >= 0.6 is 11.8 Å². The Morgan fingerprint density at radius 3 is 1.73 bits per heavy atom. The third-order valence-corrected chi connectivity index (χ3v) is 5.64. The topological polar surface area (TPSA) is 30.7 Å². The van der Waals surface area contributed by atoms with Crippen molar-refractivity contribution in [2.24, 2.45) is 7.05 Å². The van der Waals surface area contributed by atoms with E-state index in [4.69, 9.17) is 0 Å². The molecule has 4 rings (SSSR count). The van der Waals surface area contributed by atoms with Gasteiger partial charge in [-0.15, -0.1) is 10.2 Å². The Hall–Kier alpha value is -2.85. The Morgan fingerprint density at radius 2 is 1.19 bits per heavy atom. The summed E-state index contributed by atoms with van der Waals surface area (Å²) in [7, 11) is 2.03. The van der Waals surface area contributed by atoms with E-state index in [0.717, 1.165) is 16.5 Å². The molecule has 0 atom stereocenters. The zero-order valence-electron chi connectivity index (χ0n) is 14.5. The van der Waals surface area contributed by atoms with Crippen molar-refractivity contribution in [1.29, 1.82) is 0 Å². The first kappa shape index (κ1) is 16.6. The van der Waals surface area contributed by atoms with Crippen LogP contribution < -0.4 is 0 Å². The minimum atomic E-state index is 0.170. The van der Waals surface area contributed by atoms with Crippen LogP contribution in [0.5, 0.6) is 0 Å². The lowest BCUT2D eigenvalue weighted by Gasteiger charge is -2.17. The summed E-state index contributed by atoms with van der Waals surface area (Å²) in [5, 5.41) is 9.95. The maximum absolute atomic E-state index is 4.46. The third-order valence-electron chi connectivity index (χ3n) is 4.29. The second kappa shape index (κ2) is 7.58. The fraction of sp³-hybridized carbons (Fsp3) is 0.0909. The monoisotopic (exact) mass is 357 g/mol. The van der Waals surface area contributed by atoms with Gasteiger partial charge >= 0.3 is 0 Å². The molecule has 26 heavy (non-hydrogen) atoms. The highest BCUT2D eigenvalue weighted by Crippen LogP contribution is 2.40.